The van der Waals surface area contributed by atoms with Crippen molar-refractivity contribution < 1.29 is 9.90 Å². The van der Waals surface area contributed by atoms with E-state index in [9.17, 15) is 4.79 Å². The fourth-order valence-electron chi connectivity index (χ4n) is 1.58. The highest BCUT2D eigenvalue weighted by molar-refractivity contribution is 5.82. The fraction of sp³-hybridized carbons (Fsp3) is 0.700. The first-order chi connectivity index (χ1) is 5.70. The van der Waals surface area contributed by atoms with Gasteiger partial charge in [-0.1, -0.05) is 12.2 Å². The Morgan fingerprint density at radius 3 is 3.00 bits per heavy atom. The van der Waals surface area contributed by atoms with Gasteiger partial charge in [0, 0.05) is 12.3 Å². The molecule has 1 aliphatic rings. The van der Waals surface area contributed by atoms with Gasteiger partial charge >= 0.3 is 0 Å². The van der Waals surface area contributed by atoms with Crippen molar-refractivity contribution in [1.82, 2.24) is 0 Å². The highest BCUT2D eigenvalue weighted by Gasteiger charge is 2.22. The molecule has 0 aliphatic heterocycles. The summed E-state index contributed by atoms with van der Waals surface area (Å²) >= 11 is 0. The molecular weight excluding hydrogens is 152 g/mol. The Hall–Kier alpha value is -0.630. The lowest BCUT2D eigenvalue weighted by molar-refractivity contribution is -0.120. The lowest BCUT2D eigenvalue weighted by atomic mass is 10.0. The number of rotatable bonds is 3. The third-order valence-corrected chi connectivity index (χ3v) is 2.27. The summed E-state index contributed by atoms with van der Waals surface area (Å²) in [5, 5.41) is 8.92. The summed E-state index contributed by atoms with van der Waals surface area (Å²) in [7, 11) is 0. The Kier molecular flexibility index (Phi) is 3.48. The first-order valence-corrected chi connectivity index (χ1v) is 4.57. The van der Waals surface area contributed by atoms with Crippen LogP contribution in [0.5, 0.6) is 0 Å². The normalized spacial score (nSPS) is 26.8. The molecule has 2 nitrogen and oxygen atoms in total. The monoisotopic (exact) mass is 168 g/mol. The summed E-state index contributed by atoms with van der Waals surface area (Å²) in [6.45, 7) is 1.72. The van der Waals surface area contributed by atoms with Crippen LogP contribution in [-0.2, 0) is 4.79 Å². The maximum Gasteiger partial charge on any atom is 0.136 e. The highest BCUT2D eigenvalue weighted by atomic mass is 16.3. The van der Waals surface area contributed by atoms with Crippen LogP contribution in [0.3, 0.4) is 0 Å². The first-order valence-electron chi connectivity index (χ1n) is 4.57. The Morgan fingerprint density at radius 1 is 1.75 bits per heavy atom. The van der Waals surface area contributed by atoms with Crippen LogP contribution in [-0.4, -0.2) is 17.0 Å². The zero-order valence-electron chi connectivity index (χ0n) is 7.49. The Labute approximate surface area is 73.3 Å². The van der Waals surface area contributed by atoms with Crippen molar-refractivity contribution in [2.45, 2.75) is 38.7 Å². The average molecular weight is 168 g/mol. The molecule has 1 fully saturated rings. The van der Waals surface area contributed by atoms with Crippen LogP contribution in [0.25, 0.3) is 0 Å². The van der Waals surface area contributed by atoms with Crippen molar-refractivity contribution >= 4 is 5.78 Å². The van der Waals surface area contributed by atoms with E-state index < -0.39 is 0 Å². The topological polar surface area (TPSA) is 37.3 Å². The van der Waals surface area contributed by atoms with Crippen molar-refractivity contribution in [3.63, 3.8) is 0 Å². The van der Waals surface area contributed by atoms with Gasteiger partial charge in [0.2, 0.25) is 0 Å². The summed E-state index contributed by atoms with van der Waals surface area (Å²) in [5.74, 6) is 0.630. The summed E-state index contributed by atoms with van der Waals surface area (Å²) in [6.07, 6.45) is 6.91. The van der Waals surface area contributed by atoms with Gasteiger partial charge in [-0.15, -0.1) is 0 Å². The van der Waals surface area contributed by atoms with E-state index in [2.05, 4.69) is 0 Å². The highest BCUT2D eigenvalue weighted by Crippen LogP contribution is 2.24. The minimum atomic E-state index is -0.387. The SMILES string of the molecule is CC(O)C=CCC1CCCC1=O. The average Bonchev–Trinajstić information content (AvgIpc) is 2.36. The maximum atomic E-state index is 11.2. The molecule has 0 saturated heterocycles. The van der Waals surface area contributed by atoms with Crippen LogP contribution in [0, 0.1) is 5.92 Å². The second kappa shape index (κ2) is 4.41. The Balaban J connectivity index is 2.27. The molecule has 0 spiro atoms. The standard InChI is InChI=1S/C10H16O2/c1-8(11)4-2-5-9-6-3-7-10(9)12/h2,4,8-9,11H,3,5-7H2,1H3. The van der Waals surface area contributed by atoms with Crippen molar-refractivity contribution in [3.8, 4) is 0 Å². The maximum absolute atomic E-state index is 11.2. The van der Waals surface area contributed by atoms with Crippen LogP contribution in [0.1, 0.15) is 32.6 Å². The van der Waals surface area contributed by atoms with E-state index in [0.29, 0.717) is 5.78 Å². The number of ketones is 1. The zero-order chi connectivity index (χ0) is 8.97. The molecular formula is C10H16O2. The van der Waals surface area contributed by atoms with E-state index in [-0.39, 0.29) is 12.0 Å². The van der Waals surface area contributed by atoms with E-state index in [4.69, 9.17) is 5.11 Å². The summed E-state index contributed by atoms with van der Waals surface area (Å²) < 4.78 is 0. The van der Waals surface area contributed by atoms with Gasteiger partial charge in [-0.3, -0.25) is 4.79 Å². The fourth-order valence-corrected chi connectivity index (χ4v) is 1.58. The van der Waals surface area contributed by atoms with Crippen LogP contribution < -0.4 is 0 Å². The van der Waals surface area contributed by atoms with Gasteiger partial charge in [0.25, 0.3) is 0 Å². The molecule has 2 atom stereocenters. The second-order valence-electron chi connectivity index (χ2n) is 3.46. The summed E-state index contributed by atoms with van der Waals surface area (Å²) in [5.41, 5.74) is 0. The van der Waals surface area contributed by atoms with Crippen LogP contribution in [0.2, 0.25) is 0 Å². The van der Waals surface area contributed by atoms with E-state index in [1.165, 1.54) is 0 Å². The van der Waals surface area contributed by atoms with Crippen molar-refractivity contribution in [3.05, 3.63) is 12.2 Å². The second-order valence-corrected chi connectivity index (χ2v) is 3.46. The number of hydrogen-bond donors (Lipinski definition) is 1. The van der Waals surface area contributed by atoms with Gasteiger partial charge in [-0.2, -0.15) is 0 Å². The molecule has 12 heavy (non-hydrogen) atoms. The summed E-state index contributed by atoms with van der Waals surface area (Å²) in [4.78, 5) is 11.2. The van der Waals surface area contributed by atoms with E-state index in [1.807, 2.05) is 6.08 Å². The van der Waals surface area contributed by atoms with E-state index in [0.717, 1.165) is 25.7 Å². The van der Waals surface area contributed by atoms with Crippen LogP contribution in [0.4, 0.5) is 0 Å². The molecule has 1 rings (SSSR count). The van der Waals surface area contributed by atoms with Gasteiger partial charge in [0.05, 0.1) is 6.10 Å². The number of aliphatic hydroxyl groups is 1. The van der Waals surface area contributed by atoms with Gasteiger partial charge in [-0.25, -0.2) is 0 Å². The summed E-state index contributed by atoms with van der Waals surface area (Å²) in [6, 6.07) is 0. The minimum absolute atomic E-state index is 0.236. The van der Waals surface area contributed by atoms with Crippen LogP contribution >= 0.6 is 0 Å². The van der Waals surface area contributed by atoms with Gasteiger partial charge in [-0.05, 0) is 26.2 Å². The van der Waals surface area contributed by atoms with Crippen molar-refractivity contribution in [1.29, 1.82) is 0 Å². The zero-order valence-corrected chi connectivity index (χ0v) is 7.49. The number of carbonyl (C=O) groups is 1. The molecule has 68 valence electrons. The third kappa shape index (κ3) is 2.78. The van der Waals surface area contributed by atoms with Crippen molar-refractivity contribution in [2.24, 2.45) is 5.92 Å². The molecule has 0 bridgehead atoms. The first kappa shape index (κ1) is 9.46. The molecule has 0 amide bonds. The van der Waals surface area contributed by atoms with E-state index >= 15 is 0 Å². The number of carbonyl (C=O) groups excluding carboxylic acids is 1. The molecule has 2 unspecified atom stereocenters. The Morgan fingerprint density at radius 2 is 2.50 bits per heavy atom. The van der Waals surface area contributed by atoms with Gasteiger partial charge in [0.15, 0.2) is 0 Å². The molecule has 0 aromatic heterocycles. The number of allylic oxidation sites excluding steroid dienone is 1. The molecule has 0 aromatic rings. The molecule has 1 saturated carbocycles. The number of aliphatic hydroxyl groups excluding tert-OH is 1. The molecule has 0 heterocycles. The third-order valence-electron chi connectivity index (χ3n) is 2.27. The predicted molar refractivity (Wildman–Crippen MR) is 47.8 cm³/mol. The van der Waals surface area contributed by atoms with E-state index in [1.54, 1.807) is 13.0 Å². The Bertz CT molecular complexity index is 182. The van der Waals surface area contributed by atoms with Crippen molar-refractivity contribution in [2.75, 3.05) is 0 Å². The molecule has 2 heteroatoms. The number of hydrogen-bond acceptors (Lipinski definition) is 2. The predicted octanol–water partition coefficient (Wildman–Crippen LogP) is 1.68. The lowest BCUT2D eigenvalue weighted by Gasteiger charge is -2.02. The number of Topliss-reactive ketones (excluding diaryl/α,β-unsaturated/α-hetero) is 1. The minimum Gasteiger partial charge on any atom is -0.389 e. The van der Waals surface area contributed by atoms with Crippen LogP contribution in [0.15, 0.2) is 12.2 Å². The molecule has 0 aromatic carbocycles. The molecule has 1 N–H and O–H groups in total. The van der Waals surface area contributed by atoms with Gasteiger partial charge < -0.3 is 5.11 Å². The quantitative estimate of drug-likeness (QED) is 0.651. The largest absolute Gasteiger partial charge is 0.389 e. The van der Waals surface area contributed by atoms with Gasteiger partial charge in [0.1, 0.15) is 5.78 Å². The smallest absolute Gasteiger partial charge is 0.136 e. The molecule has 1 aliphatic carbocycles. The lowest BCUT2D eigenvalue weighted by Crippen LogP contribution is -2.04. The molecule has 0 radical (unpaired) electrons.